The Morgan fingerprint density at radius 3 is 2.48 bits per heavy atom. The van der Waals surface area contributed by atoms with Gasteiger partial charge in [-0.3, -0.25) is 14.9 Å². The molecule has 2 aromatic carbocycles. The molecule has 0 spiro atoms. The topological polar surface area (TPSA) is 77.8 Å². The van der Waals surface area contributed by atoms with E-state index in [0.717, 1.165) is 5.56 Å². The highest BCUT2D eigenvalue weighted by Gasteiger charge is 2.20. The Bertz CT molecular complexity index is 1110. The largest absolute Gasteiger partial charge is 0.493 e. The summed E-state index contributed by atoms with van der Waals surface area (Å²) in [6, 6.07) is 10.6. The first-order valence-electron chi connectivity index (χ1n) is 9.44. The fourth-order valence-corrected chi connectivity index (χ4v) is 3.25. The lowest BCUT2D eigenvalue weighted by atomic mass is 10.0. The van der Waals surface area contributed by atoms with Gasteiger partial charge in [0.1, 0.15) is 5.58 Å². The molecule has 0 radical (unpaired) electrons. The van der Waals surface area contributed by atoms with Gasteiger partial charge in [0.15, 0.2) is 11.5 Å². The first kappa shape index (κ1) is 20.5. The van der Waals surface area contributed by atoms with Gasteiger partial charge in [0.2, 0.25) is 17.2 Å². The number of fused-ring (bicyclic) bond motifs is 1. The van der Waals surface area contributed by atoms with E-state index < -0.39 is 0 Å². The van der Waals surface area contributed by atoms with E-state index in [2.05, 4.69) is 5.32 Å². The Morgan fingerprint density at radius 2 is 1.83 bits per heavy atom. The molecule has 0 bridgehead atoms. The van der Waals surface area contributed by atoms with E-state index in [9.17, 15) is 9.59 Å². The van der Waals surface area contributed by atoms with E-state index in [1.165, 1.54) is 7.11 Å². The van der Waals surface area contributed by atoms with Gasteiger partial charge in [0, 0.05) is 6.42 Å². The van der Waals surface area contributed by atoms with Crippen molar-refractivity contribution in [3.05, 3.63) is 52.2 Å². The predicted molar refractivity (Wildman–Crippen MR) is 114 cm³/mol. The van der Waals surface area contributed by atoms with Gasteiger partial charge in [-0.25, -0.2) is 0 Å². The Hall–Kier alpha value is -3.28. The van der Waals surface area contributed by atoms with Crippen molar-refractivity contribution in [1.82, 2.24) is 0 Å². The number of carbonyl (C=O) groups excluding carboxylic acids is 1. The molecule has 0 atom stereocenters. The van der Waals surface area contributed by atoms with Gasteiger partial charge in [-0.15, -0.1) is 0 Å². The summed E-state index contributed by atoms with van der Waals surface area (Å²) in [4.78, 5) is 25.8. The third-order valence-corrected chi connectivity index (χ3v) is 4.63. The van der Waals surface area contributed by atoms with Gasteiger partial charge in [-0.05, 0) is 42.2 Å². The van der Waals surface area contributed by atoms with E-state index in [1.807, 2.05) is 32.9 Å². The summed E-state index contributed by atoms with van der Waals surface area (Å²) < 4.78 is 16.7. The normalized spacial score (nSPS) is 11.0. The summed E-state index contributed by atoms with van der Waals surface area (Å²) in [5.41, 5.74) is 1.90. The molecule has 0 aliphatic heterocycles. The van der Waals surface area contributed by atoms with Crippen molar-refractivity contribution in [1.29, 1.82) is 0 Å². The molecule has 0 saturated heterocycles. The minimum absolute atomic E-state index is 0.134. The summed E-state index contributed by atoms with van der Waals surface area (Å²) in [5, 5.41) is 3.24. The van der Waals surface area contributed by atoms with E-state index in [4.69, 9.17) is 13.9 Å². The summed E-state index contributed by atoms with van der Waals surface area (Å²) in [5.74, 6) is 1.12. The Morgan fingerprint density at radius 1 is 1.10 bits per heavy atom. The first-order valence-corrected chi connectivity index (χ1v) is 9.44. The number of hydrogen-bond acceptors (Lipinski definition) is 5. The maximum Gasteiger partial charge on any atom is 0.226 e. The standard InChI is InChI=1S/C23H25NO5/c1-13(2)11-19(25)24-23-20(15-9-10-17(27-4)18(12-15)28-5)21(26)16-8-6-7-14(3)22(16)29-23/h6-10,12-13H,11H2,1-5H3,(H,24,25). The molecule has 0 saturated carbocycles. The first-order chi connectivity index (χ1) is 13.8. The maximum atomic E-state index is 13.4. The number of ether oxygens (including phenoxy) is 2. The van der Waals surface area contributed by atoms with Gasteiger partial charge < -0.3 is 13.9 Å². The molecule has 6 heteroatoms. The maximum absolute atomic E-state index is 13.4. The number of nitrogens with one attached hydrogen (secondary N) is 1. The van der Waals surface area contributed by atoms with Crippen LogP contribution >= 0.6 is 0 Å². The number of methoxy groups -OCH3 is 2. The van der Waals surface area contributed by atoms with Crippen LogP contribution in [0.1, 0.15) is 25.8 Å². The monoisotopic (exact) mass is 395 g/mol. The lowest BCUT2D eigenvalue weighted by Gasteiger charge is -2.14. The highest BCUT2D eigenvalue weighted by atomic mass is 16.5. The quantitative estimate of drug-likeness (QED) is 0.650. The van der Waals surface area contributed by atoms with Crippen LogP contribution in [0.15, 0.2) is 45.6 Å². The van der Waals surface area contributed by atoms with Crippen LogP contribution in [-0.4, -0.2) is 20.1 Å². The lowest BCUT2D eigenvalue weighted by molar-refractivity contribution is -0.116. The van der Waals surface area contributed by atoms with Gasteiger partial charge in [-0.2, -0.15) is 0 Å². The van der Waals surface area contributed by atoms with Crippen molar-refractivity contribution in [3.8, 4) is 22.6 Å². The summed E-state index contributed by atoms with van der Waals surface area (Å²) >= 11 is 0. The molecule has 0 unspecified atom stereocenters. The molecule has 152 valence electrons. The molecule has 6 nitrogen and oxygen atoms in total. The molecule has 29 heavy (non-hydrogen) atoms. The van der Waals surface area contributed by atoms with Crippen LogP contribution in [0.4, 0.5) is 5.88 Å². The number of carbonyl (C=O) groups is 1. The average Bonchev–Trinajstić information content (AvgIpc) is 2.68. The molecule has 1 heterocycles. The Kier molecular flexibility index (Phi) is 5.92. The molecule has 1 N–H and O–H groups in total. The second-order valence-corrected chi connectivity index (χ2v) is 7.30. The number of hydrogen-bond donors (Lipinski definition) is 1. The molecule has 1 aromatic heterocycles. The van der Waals surface area contributed by atoms with Crippen molar-refractivity contribution in [3.63, 3.8) is 0 Å². The highest BCUT2D eigenvalue weighted by Crippen LogP contribution is 2.35. The van der Waals surface area contributed by atoms with Gasteiger partial charge in [-0.1, -0.05) is 32.0 Å². The number of aryl methyl sites for hydroxylation is 1. The summed E-state index contributed by atoms with van der Waals surface area (Å²) in [6.45, 7) is 5.77. The van der Waals surface area contributed by atoms with E-state index in [1.54, 1.807) is 31.4 Å². The second-order valence-electron chi connectivity index (χ2n) is 7.30. The number of rotatable bonds is 6. The highest BCUT2D eigenvalue weighted by molar-refractivity contribution is 5.96. The summed E-state index contributed by atoms with van der Waals surface area (Å²) in [7, 11) is 3.07. The van der Waals surface area contributed by atoms with Gasteiger partial charge in [0.05, 0.1) is 25.2 Å². The molecular formula is C23H25NO5. The van der Waals surface area contributed by atoms with E-state index in [-0.39, 0.29) is 28.7 Å². The van der Waals surface area contributed by atoms with E-state index >= 15 is 0 Å². The molecule has 0 aliphatic carbocycles. The van der Waals surface area contributed by atoms with Crippen LogP contribution in [0.25, 0.3) is 22.1 Å². The number of benzene rings is 2. The molecule has 3 aromatic rings. The smallest absolute Gasteiger partial charge is 0.226 e. The van der Waals surface area contributed by atoms with Gasteiger partial charge in [0.25, 0.3) is 0 Å². The second kappa shape index (κ2) is 8.39. The van der Waals surface area contributed by atoms with Crippen LogP contribution in [-0.2, 0) is 4.79 Å². The zero-order chi connectivity index (χ0) is 21.1. The Balaban J connectivity index is 2.26. The van der Waals surface area contributed by atoms with Crippen molar-refractivity contribution in [2.24, 2.45) is 5.92 Å². The van der Waals surface area contributed by atoms with Crippen LogP contribution in [0.3, 0.4) is 0 Å². The molecular weight excluding hydrogens is 370 g/mol. The minimum Gasteiger partial charge on any atom is -0.493 e. The molecule has 0 aliphatic rings. The van der Waals surface area contributed by atoms with Crippen molar-refractivity contribution >= 4 is 22.8 Å². The average molecular weight is 395 g/mol. The Labute approximate surface area is 169 Å². The minimum atomic E-state index is -0.220. The van der Waals surface area contributed by atoms with Crippen LogP contribution in [0.2, 0.25) is 0 Å². The third-order valence-electron chi connectivity index (χ3n) is 4.63. The zero-order valence-corrected chi connectivity index (χ0v) is 17.3. The van der Waals surface area contributed by atoms with Crippen molar-refractivity contribution in [2.75, 3.05) is 19.5 Å². The summed E-state index contributed by atoms with van der Waals surface area (Å²) in [6.07, 6.45) is 0.320. The van der Waals surface area contributed by atoms with Gasteiger partial charge >= 0.3 is 0 Å². The number of amides is 1. The lowest BCUT2D eigenvalue weighted by Crippen LogP contribution is -2.17. The van der Waals surface area contributed by atoms with Crippen LogP contribution < -0.4 is 20.2 Å². The fourth-order valence-electron chi connectivity index (χ4n) is 3.25. The third kappa shape index (κ3) is 4.11. The molecule has 1 amide bonds. The number of anilines is 1. The van der Waals surface area contributed by atoms with Crippen LogP contribution in [0, 0.1) is 12.8 Å². The van der Waals surface area contributed by atoms with Crippen molar-refractivity contribution in [2.45, 2.75) is 27.2 Å². The van der Waals surface area contributed by atoms with E-state index in [0.29, 0.717) is 34.5 Å². The predicted octanol–water partition coefficient (Wildman–Crippen LogP) is 4.77. The molecule has 3 rings (SSSR count). The van der Waals surface area contributed by atoms with Crippen LogP contribution in [0.5, 0.6) is 11.5 Å². The molecule has 0 fully saturated rings. The van der Waals surface area contributed by atoms with Crippen molar-refractivity contribution < 1.29 is 18.7 Å². The number of para-hydroxylation sites is 1. The fraction of sp³-hybridized carbons (Fsp3) is 0.304. The zero-order valence-electron chi connectivity index (χ0n) is 17.3. The SMILES string of the molecule is COc1ccc(-c2c(NC(=O)CC(C)C)oc3c(C)cccc3c2=O)cc1OC.